The zero-order valence-corrected chi connectivity index (χ0v) is 13.4. The van der Waals surface area contributed by atoms with Crippen LogP contribution >= 0.6 is 11.6 Å². The smallest absolute Gasteiger partial charge is 0.223 e. The molecule has 2 heterocycles. The Morgan fingerprint density at radius 1 is 1.24 bits per heavy atom. The van der Waals surface area contributed by atoms with Gasteiger partial charge in [0, 0.05) is 25.7 Å². The largest absolute Gasteiger partial charge is 0.312 e. The van der Waals surface area contributed by atoms with Crippen molar-refractivity contribution in [3.05, 3.63) is 29.3 Å². The van der Waals surface area contributed by atoms with Crippen molar-refractivity contribution < 1.29 is 4.79 Å². The highest BCUT2D eigenvalue weighted by Gasteiger charge is 2.24. The number of likely N-dealkylation sites (tertiary alicyclic amines) is 1. The van der Waals surface area contributed by atoms with Gasteiger partial charge in [-0.3, -0.25) is 4.79 Å². The van der Waals surface area contributed by atoms with Crippen LogP contribution in [0, 0.1) is 0 Å². The van der Waals surface area contributed by atoms with Gasteiger partial charge in [-0.15, -0.1) is 11.6 Å². The molecule has 0 saturated carbocycles. The Morgan fingerprint density at radius 2 is 2.00 bits per heavy atom. The lowest BCUT2D eigenvalue weighted by Gasteiger charge is -2.28. The van der Waals surface area contributed by atoms with Crippen molar-refractivity contribution in [3.63, 3.8) is 0 Å². The summed E-state index contributed by atoms with van der Waals surface area (Å²) in [7, 11) is 0. The SMILES string of the molecule is CC(=O)N1CCc2cc(C(Cl)CN3CCCCC3)ccc21. The number of carbonyl (C=O) groups is 1. The lowest BCUT2D eigenvalue weighted by molar-refractivity contribution is -0.116. The van der Waals surface area contributed by atoms with Crippen LogP contribution in [0.3, 0.4) is 0 Å². The molecule has 2 aliphatic heterocycles. The summed E-state index contributed by atoms with van der Waals surface area (Å²) in [6.45, 7) is 5.70. The first kappa shape index (κ1) is 14.9. The van der Waals surface area contributed by atoms with Crippen molar-refractivity contribution in [2.45, 2.75) is 38.0 Å². The van der Waals surface area contributed by atoms with Crippen molar-refractivity contribution in [1.29, 1.82) is 0 Å². The number of amides is 1. The summed E-state index contributed by atoms with van der Waals surface area (Å²) in [6, 6.07) is 6.34. The Balaban J connectivity index is 1.70. The van der Waals surface area contributed by atoms with Crippen LogP contribution in [0.5, 0.6) is 0 Å². The predicted molar refractivity (Wildman–Crippen MR) is 87.1 cm³/mol. The van der Waals surface area contributed by atoms with E-state index >= 15 is 0 Å². The molecule has 1 aromatic carbocycles. The Kier molecular flexibility index (Phi) is 4.51. The molecular weight excluding hydrogens is 284 g/mol. The van der Waals surface area contributed by atoms with E-state index in [0.29, 0.717) is 0 Å². The normalized spacial score (nSPS) is 20.4. The van der Waals surface area contributed by atoms with E-state index in [2.05, 4.69) is 23.1 Å². The number of anilines is 1. The molecule has 1 atom stereocenters. The maximum atomic E-state index is 11.6. The second kappa shape index (κ2) is 6.37. The monoisotopic (exact) mass is 306 g/mol. The maximum absolute atomic E-state index is 11.6. The molecular formula is C17H23ClN2O. The number of benzene rings is 1. The topological polar surface area (TPSA) is 23.6 Å². The molecule has 1 aromatic rings. The zero-order chi connectivity index (χ0) is 14.8. The molecule has 1 unspecified atom stereocenters. The van der Waals surface area contributed by atoms with E-state index in [1.54, 1.807) is 6.92 Å². The lowest BCUT2D eigenvalue weighted by atomic mass is 10.0. The van der Waals surface area contributed by atoms with E-state index in [1.807, 2.05) is 4.90 Å². The first-order valence-corrected chi connectivity index (χ1v) is 8.36. The number of fused-ring (bicyclic) bond motifs is 1. The van der Waals surface area contributed by atoms with Gasteiger partial charge in [0.05, 0.1) is 5.38 Å². The molecule has 0 N–H and O–H groups in total. The first-order valence-electron chi connectivity index (χ1n) is 7.92. The molecule has 2 aliphatic rings. The summed E-state index contributed by atoms with van der Waals surface area (Å²) in [6.07, 6.45) is 4.88. The molecule has 1 amide bonds. The van der Waals surface area contributed by atoms with Crippen molar-refractivity contribution in [3.8, 4) is 0 Å². The van der Waals surface area contributed by atoms with Gasteiger partial charge in [0.1, 0.15) is 0 Å². The highest BCUT2D eigenvalue weighted by molar-refractivity contribution is 6.21. The van der Waals surface area contributed by atoms with E-state index < -0.39 is 0 Å². The number of halogens is 1. The Morgan fingerprint density at radius 3 is 2.71 bits per heavy atom. The van der Waals surface area contributed by atoms with Gasteiger partial charge in [-0.05, 0) is 49.5 Å². The molecule has 1 fully saturated rings. The third kappa shape index (κ3) is 3.24. The summed E-state index contributed by atoms with van der Waals surface area (Å²) in [5.41, 5.74) is 3.51. The molecule has 3 nitrogen and oxygen atoms in total. The van der Waals surface area contributed by atoms with Crippen LogP contribution in [0.15, 0.2) is 18.2 Å². The standard InChI is InChI=1S/C17H23ClN2O/c1-13(21)20-10-7-15-11-14(5-6-17(15)20)16(18)12-19-8-3-2-4-9-19/h5-6,11,16H,2-4,7-10,12H2,1H3. The molecule has 0 bridgehead atoms. The quantitative estimate of drug-likeness (QED) is 0.800. The fourth-order valence-corrected chi connectivity index (χ4v) is 3.75. The summed E-state index contributed by atoms with van der Waals surface area (Å²) in [5.74, 6) is 0.122. The second-order valence-corrected chi connectivity index (χ2v) is 6.66. The van der Waals surface area contributed by atoms with Crippen LogP contribution < -0.4 is 4.90 Å². The maximum Gasteiger partial charge on any atom is 0.223 e. The van der Waals surface area contributed by atoms with Gasteiger partial charge in [0.25, 0.3) is 0 Å². The van der Waals surface area contributed by atoms with Crippen LogP contribution in [0.25, 0.3) is 0 Å². The number of hydrogen-bond donors (Lipinski definition) is 0. The summed E-state index contributed by atoms with van der Waals surface area (Å²) in [5, 5.41) is 0.0415. The molecule has 0 spiro atoms. The minimum atomic E-state index is 0.0415. The van der Waals surface area contributed by atoms with E-state index in [-0.39, 0.29) is 11.3 Å². The molecule has 4 heteroatoms. The Hall–Kier alpha value is -1.06. The highest BCUT2D eigenvalue weighted by Crippen LogP contribution is 2.32. The number of rotatable bonds is 3. The van der Waals surface area contributed by atoms with Gasteiger partial charge in [-0.25, -0.2) is 0 Å². The van der Waals surface area contributed by atoms with Crippen LogP contribution in [0.2, 0.25) is 0 Å². The third-order valence-electron chi connectivity index (χ3n) is 4.61. The number of carbonyl (C=O) groups excluding carboxylic acids is 1. The van der Waals surface area contributed by atoms with Gasteiger partial charge in [0.15, 0.2) is 0 Å². The van der Waals surface area contributed by atoms with E-state index in [4.69, 9.17) is 11.6 Å². The Labute approximate surface area is 131 Å². The van der Waals surface area contributed by atoms with Gasteiger partial charge < -0.3 is 9.80 Å². The third-order valence-corrected chi connectivity index (χ3v) is 5.00. The molecule has 3 rings (SSSR count). The number of nitrogens with zero attached hydrogens (tertiary/aromatic N) is 2. The van der Waals surface area contributed by atoms with Gasteiger partial charge in [-0.1, -0.05) is 18.6 Å². The summed E-state index contributed by atoms with van der Waals surface area (Å²) < 4.78 is 0. The fraction of sp³-hybridized carbons (Fsp3) is 0.588. The molecule has 0 radical (unpaired) electrons. The minimum absolute atomic E-state index is 0.0415. The lowest BCUT2D eigenvalue weighted by Crippen LogP contribution is -2.32. The van der Waals surface area contributed by atoms with E-state index in [1.165, 1.54) is 43.5 Å². The number of alkyl halides is 1. The summed E-state index contributed by atoms with van der Waals surface area (Å²) in [4.78, 5) is 15.9. The van der Waals surface area contributed by atoms with Gasteiger partial charge in [0.2, 0.25) is 5.91 Å². The van der Waals surface area contributed by atoms with E-state index in [9.17, 15) is 4.79 Å². The average molecular weight is 307 g/mol. The van der Waals surface area contributed by atoms with Crippen molar-refractivity contribution in [1.82, 2.24) is 4.90 Å². The van der Waals surface area contributed by atoms with Gasteiger partial charge >= 0.3 is 0 Å². The molecule has 114 valence electrons. The first-order chi connectivity index (χ1) is 10.1. The zero-order valence-electron chi connectivity index (χ0n) is 12.6. The van der Waals surface area contributed by atoms with Gasteiger partial charge in [-0.2, -0.15) is 0 Å². The van der Waals surface area contributed by atoms with Crippen LogP contribution in [-0.2, 0) is 11.2 Å². The van der Waals surface area contributed by atoms with E-state index in [0.717, 1.165) is 25.2 Å². The number of hydrogen-bond acceptors (Lipinski definition) is 2. The fourth-order valence-electron chi connectivity index (χ4n) is 3.42. The Bertz CT molecular complexity index is 526. The van der Waals surface area contributed by atoms with Crippen LogP contribution in [0.1, 0.15) is 42.7 Å². The molecule has 21 heavy (non-hydrogen) atoms. The summed E-state index contributed by atoms with van der Waals surface area (Å²) >= 11 is 6.62. The van der Waals surface area contributed by atoms with Crippen molar-refractivity contribution in [2.24, 2.45) is 0 Å². The second-order valence-electron chi connectivity index (χ2n) is 6.14. The predicted octanol–water partition coefficient (Wildman–Crippen LogP) is 3.36. The molecule has 1 saturated heterocycles. The van der Waals surface area contributed by atoms with Crippen LogP contribution in [0.4, 0.5) is 5.69 Å². The number of piperidine rings is 1. The van der Waals surface area contributed by atoms with Crippen LogP contribution in [-0.4, -0.2) is 37.0 Å². The highest BCUT2D eigenvalue weighted by atomic mass is 35.5. The van der Waals surface area contributed by atoms with Crippen molar-refractivity contribution >= 4 is 23.2 Å². The average Bonchev–Trinajstić information content (AvgIpc) is 2.91. The molecule has 0 aliphatic carbocycles. The molecule has 0 aromatic heterocycles. The van der Waals surface area contributed by atoms with Crippen molar-refractivity contribution in [2.75, 3.05) is 31.1 Å². The minimum Gasteiger partial charge on any atom is -0.312 e.